The van der Waals surface area contributed by atoms with Crippen LogP contribution in [0.4, 0.5) is 0 Å². The van der Waals surface area contributed by atoms with Gasteiger partial charge in [-0.3, -0.25) is 19.8 Å². The van der Waals surface area contributed by atoms with Crippen molar-refractivity contribution in [1.82, 2.24) is 10.4 Å². The fourth-order valence-corrected chi connectivity index (χ4v) is 5.00. The topological polar surface area (TPSA) is 86.7 Å². The molecule has 1 aromatic rings. The van der Waals surface area contributed by atoms with E-state index in [1.807, 2.05) is 24.3 Å². The molecule has 1 fully saturated rings. The molecule has 0 spiro atoms. The fourth-order valence-electron chi connectivity index (χ4n) is 5.00. The van der Waals surface area contributed by atoms with Crippen molar-refractivity contribution in [3.05, 3.63) is 41.0 Å². The van der Waals surface area contributed by atoms with Gasteiger partial charge in [0.05, 0.1) is 5.92 Å². The number of imide groups is 1. The van der Waals surface area contributed by atoms with E-state index in [1.54, 1.807) is 0 Å². The molecule has 3 amide bonds. The normalized spacial score (nSPS) is 16.5. The molecule has 1 aromatic carbocycles. The van der Waals surface area contributed by atoms with Gasteiger partial charge < -0.3 is 5.11 Å². The lowest BCUT2D eigenvalue weighted by Gasteiger charge is -2.28. The lowest BCUT2D eigenvalue weighted by molar-refractivity contribution is -0.148. The molecular formula is C33H52N2O4. The number of allylic oxidation sites excluding steroid dienone is 1. The van der Waals surface area contributed by atoms with Crippen molar-refractivity contribution in [2.24, 2.45) is 5.92 Å². The molecule has 1 unspecified atom stereocenters. The average Bonchev–Trinajstić information content (AvgIpc) is 3.10. The number of rotatable bonds is 14. The Labute approximate surface area is 236 Å². The van der Waals surface area contributed by atoms with Gasteiger partial charge in [0.25, 0.3) is 5.91 Å². The smallest absolute Gasteiger partial charge is 0.255 e. The van der Waals surface area contributed by atoms with Crippen LogP contribution in [0, 0.1) is 5.92 Å². The number of amides is 3. The third-order valence-electron chi connectivity index (χ3n) is 7.44. The SMILES string of the molecule is CCCCCCCCCCC=CC1CC(=O)N(NC(=O)CCc2cc(C(C)(C)C)c(O)c(C(C)(C)C)c2)C1=O. The van der Waals surface area contributed by atoms with Gasteiger partial charge in [0.2, 0.25) is 11.8 Å². The molecule has 1 atom stereocenters. The Balaban J connectivity index is 1.87. The molecular weight excluding hydrogens is 488 g/mol. The summed E-state index contributed by atoms with van der Waals surface area (Å²) >= 11 is 0. The van der Waals surface area contributed by atoms with E-state index in [9.17, 15) is 19.5 Å². The molecule has 6 nitrogen and oxygen atoms in total. The Morgan fingerprint density at radius 3 is 2.03 bits per heavy atom. The predicted molar refractivity (Wildman–Crippen MR) is 158 cm³/mol. The molecule has 39 heavy (non-hydrogen) atoms. The number of unbranched alkanes of at least 4 members (excludes halogenated alkanes) is 8. The van der Waals surface area contributed by atoms with Crippen LogP contribution in [0.2, 0.25) is 0 Å². The minimum Gasteiger partial charge on any atom is -0.507 e. The summed E-state index contributed by atoms with van der Waals surface area (Å²) in [5.74, 6) is -1.31. The van der Waals surface area contributed by atoms with Crippen LogP contribution in [0.25, 0.3) is 0 Å². The second-order valence-corrected chi connectivity index (χ2v) is 13.1. The molecule has 218 valence electrons. The fraction of sp³-hybridized carbons (Fsp3) is 0.667. The van der Waals surface area contributed by atoms with Crippen molar-refractivity contribution in [1.29, 1.82) is 0 Å². The minimum atomic E-state index is -0.507. The van der Waals surface area contributed by atoms with Gasteiger partial charge in [0, 0.05) is 12.8 Å². The highest BCUT2D eigenvalue weighted by Gasteiger charge is 2.38. The summed E-state index contributed by atoms with van der Waals surface area (Å²) in [6.07, 6.45) is 15.4. The van der Waals surface area contributed by atoms with Crippen molar-refractivity contribution in [3.63, 3.8) is 0 Å². The maximum atomic E-state index is 12.8. The third kappa shape index (κ3) is 10.1. The number of hydrazine groups is 1. The van der Waals surface area contributed by atoms with Gasteiger partial charge in [0.1, 0.15) is 5.75 Å². The van der Waals surface area contributed by atoms with Crippen LogP contribution >= 0.6 is 0 Å². The summed E-state index contributed by atoms with van der Waals surface area (Å²) < 4.78 is 0. The van der Waals surface area contributed by atoms with E-state index in [0.29, 0.717) is 12.2 Å². The number of benzene rings is 1. The number of nitrogens with zero attached hydrogens (tertiary/aromatic N) is 1. The van der Waals surface area contributed by atoms with E-state index < -0.39 is 5.92 Å². The first kappa shape index (κ1) is 32.6. The molecule has 2 N–H and O–H groups in total. The van der Waals surface area contributed by atoms with Gasteiger partial charge in [-0.15, -0.1) is 0 Å². The van der Waals surface area contributed by atoms with Gasteiger partial charge in [0.15, 0.2) is 0 Å². The number of carbonyl (C=O) groups is 3. The summed E-state index contributed by atoms with van der Waals surface area (Å²) in [7, 11) is 0. The van der Waals surface area contributed by atoms with Gasteiger partial charge in [-0.1, -0.05) is 118 Å². The molecule has 1 heterocycles. The molecule has 1 aliphatic rings. The van der Waals surface area contributed by atoms with Crippen LogP contribution in [0.3, 0.4) is 0 Å². The minimum absolute atomic E-state index is 0.0922. The van der Waals surface area contributed by atoms with Crippen molar-refractivity contribution in [2.45, 2.75) is 136 Å². The monoisotopic (exact) mass is 540 g/mol. The number of phenolic OH excluding ortho intramolecular Hbond substituents is 1. The van der Waals surface area contributed by atoms with E-state index in [2.05, 4.69) is 53.9 Å². The first-order valence-electron chi connectivity index (χ1n) is 15.0. The van der Waals surface area contributed by atoms with Crippen LogP contribution in [0.15, 0.2) is 24.3 Å². The molecule has 0 radical (unpaired) electrons. The maximum Gasteiger partial charge on any atom is 0.255 e. The average molecular weight is 541 g/mol. The van der Waals surface area contributed by atoms with E-state index in [0.717, 1.165) is 34.5 Å². The molecule has 0 aromatic heterocycles. The first-order chi connectivity index (χ1) is 18.3. The number of phenols is 1. The summed E-state index contributed by atoms with van der Waals surface area (Å²) in [5, 5.41) is 11.8. The number of hydrogen-bond donors (Lipinski definition) is 2. The van der Waals surface area contributed by atoms with E-state index in [1.165, 1.54) is 44.9 Å². The lowest BCUT2D eigenvalue weighted by Crippen LogP contribution is -2.46. The summed E-state index contributed by atoms with van der Waals surface area (Å²) in [4.78, 5) is 38.0. The molecule has 1 saturated heterocycles. The highest BCUT2D eigenvalue weighted by Crippen LogP contribution is 2.40. The van der Waals surface area contributed by atoms with E-state index in [-0.39, 0.29) is 41.4 Å². The van der Waals surface area contributed by atoms with E-state index >= 15 is 0 Å². The summed E-state index contributed by atoms with van der Waals surface area (Å²) in [5.41, 5.74) is 4.65. The predicted octanol–water partition coefficient (Wildman–Crippen LogP) is 7.41. The van der Waals surface area contributed by atoms with Crippen molar-refractivity contribution in [3.8, 4) is 5.75 Å². The van der Waals surface area contributed by atoms with Crippen LogP contribution in [-0.2, 0) is 31.6 Å². The molecule has 6 heteroatoms. The first-order valence-corrected chi connectivity index (χ1v) is 15.0. The molecule has 0 bridgehead atoms. The lowest BCUT2D eigenvalue weighted by atomic mass is 9.78. The second kappa shape index (κ2) is 14.7. The maximum absolute atomic E-state index is 12.8. The Kier molecular flexibility index (Phi) is 12.3. The van der Waals surface area contributed by atoms with Gasteiger partial charge in [-0.05, 0) is 46.8 Å². The zero-order chi connectivity index (χ0) is 29.2. The zero-order valence-corrected chi connectivity index (χ0v) is 25.5. The van der Waals surface area contributed by atoms with Crippen molar-refractivity contribution >= 4 is 17.7 Å². The number of carbonyl (C=O) groups excluding carboxylic acids is 3. The summed E-state index contributed by atoms with van der Waals surface area (Å²) in [6.45, 7) is 14.5. The van der Waals surface area contributed by atoms with Gasteiger partial charge >= 0.3 is 0 Å². The Morgan fingerprint density at radius 1 is 0.949 bits per heavy atom. The molecule has 0 saturated carbocycles. The number of aryl methyl sites for hydroxylation is 1. The Morgan fingerprint density at radius 2 is 1.49 bits per heavy atom. The van der Waals surface area contributed by atoms with Gasteiger partial charge in [-0.2, -0.15) is 5.01 Å². The summed E-state index contributed by atoms with van der Waals surface area (Å²) in [6, 6.07) is 3.91. The van der Waals surface area contributed by atoms with Crippen LogP contribution in [0.5, 0.6) is 5.75 Å². The van der Waals surface area contributed by atoms with Crippen molar-refractivity contribution in [2.75, 3.05) is 0 Å². The number of nitrogens with one attached hydrogen (secondary N) is 1. The van der Waals surface area contributed by atoms with Crippen LogP contribution < -0.4 is 5.43 Å². The van der Waals surface area contributed by atoms with Crippen molar-refractivity contribution < 1.29 is 19.5 Å². The van der Waals surface area contributed by atoms with Gasteiger partial charge in [-0.25, -0.2) is 0 Å². The van der Waals surface area contributed by atoms with Crippen LogP contribution in [0.1, 0.15) is 136 Å². The Hall–Kier alpha value is -2.63. The quantitative estimate of drug-likeness (QED) is 0.146. The third-order valence-corrected chi connectivity index (χ3v) is 7.44. The largest absolute Gasteiger partial charge is 0.507 e. The number of aromatic hydroxyl groups is 1. The highest BCUT2D eigenvalue weighted by molar-refractivity contribution is 6.05. The number of hydrogen-bond acceptors (Lipinski definition) is 4. The van der Waals surface area contributed by atoms with Crippen LogP contribution in [-0.4, -0.2) is 27.8 Å². The Bertz CT molecular complexity index is 979. The zero-order valence-electron chi connectivity index (χ0n) is 25.5. The second-order valence-electron chi connectivity index (χ2n) is 13.1. The molecule has 1 aliphatic heterocycles. The molecule has 0 aliphatic carbocycles. The molecule has 2 rings (SSSR count). The highest BCUT2D eigenvalue weighted by atomic mass is 16.3. The standard InChI is InChI=1S/C33H52N2O4/c1-8-9-10-11-12-13-14-15-16-17-18-25-23-29(37)35(31(25)39)34-28(36)20-19-24-21-26(32(2,3)4)30(38)27(22-24)33(5,6)7/h17-18,21-22,25,38H,8-16,19-20,23H2,1-7H3,(H,34,36). The van der Waals surface area contributed by atoms with E-state index in [4.69, 9.17) is 0 Å².